The van der Waals surface area contributed by atoms with E-state index < -0.39 is 41.4 Å². The Bertz CT molecular complexity index is 819. The van der Waals surface area contributed by atoms with Crippen LogP contribution in [0.4, 0.5) is 4.39 Å². The van der Waals surface area contributed by atoms with Gasteiger partial charge in [0.05, 0.1) is 0 Å². The molecule has 5 nitrogen and oxygen atoms in total. The van der Waals surface area contributed by atoms with E-state index in [1.165, 1.54) is 23.9 Å². The number of phenolic OH excluding ortho intramolecular Hbond substituents is 1. The normalized spacial score (nSPS) is 28.3. The van der Waals surface area contributed by atoms with Crippen LogP contribution in [-0.4, -0.2) is 50.4 Å². The molecule has 0 saturated carbocycles. The van der Waals surface area contributed by atoms with Crippen LogP contribution in [0.15, 0.2) is 36.4 Å². The van der Waals surface area contributed by atoms with Gasteiger partial charge in [0.2, 0.25) is 0 Å². The number of aliphatic hydroxyl groups is 3. The Kier molecular flexibility index (Phi) is 6.30. The van der Waals surface area contributed by atoms with Crippen molar-refractivity contribution in [2.45, 2.75) is 36.3 Å². The zero-order chi connectivity index (χ0) is 19.7. The first kappa shape index (κ1) is 20.4. The molecule has 8 heteroatoms. The van der Waals surface area contributed by atoms with E-state index in [2.05, 4.69) is 0 Å². The lowest BCUT2D eigenvalue weighted by Gasteiger charge is -2.40. The summed E-state index contributed by atoms with van der Waals surface area (Å²) >= 11 is 7.50. The summed E-state index contributed by atoms with van der Waals surface area (Å²) in [5.74, 6) is -1.14. The predicted molar refractivity (Wildman–Crippen MR) is 101 cm³/mol. The third-order valence-corrected chi connectivity index (χ3v) is 5.83. The summed E-state index contributed by atoms with van der Waals surface area (Å²) in [6, 6.07) is 9.15. The summed E-state index contributed by atoms with van der Waals surface area (Å²) in [7, 11) is 0. The number of hydrogen-bond acceptors (Lipinski definition) is 6. The van der Waals surface area contributed by atoms with Gasteiger partial charge in [0.15, 0.2) is 11.6 Å². The SMILES string of the molecule is CSC1OC(c2ccc(Cl)c(Cc3ccc(O)c(F)c3)c2)C(O)C(O)C1O. The fourth-order valence-electron chi connectivity index (χ4n) is 3.11. The maximum atomic E-state index is 13.6. The van der Waals surface area contributed by atoms with E-state index in [0.29, 0.717) is 28.1 Å². The monoisotopic (exact) mass is 414 g/mol. The fraction of sp³-hybridized carbons (Fsp3) is 0.368. The maximum Gasteiger partial charge on any atom is 0.165 e. The molecular weight excluding hydrogens is 395 g/mol. The molecular formula is C19H20ClFO5S. The molecule has 3 rings (SSSR count). The van der Waals surface area contributed by atoms with E-state index in [9.17, 15) is 24.8 Å². The van der Waals surface area contributed by atoms with Gasteiger partial charge in [0.1, 0.15) is 29.9 Å². The van der Waals surface area contributed by atoms with E-state index in [1.807, 2.05) is 0 Å². The van der Waals surface area contributed by atoms with Gasteiger partial charge in [-0.1, -0.05) is 29.8 Å². The van der Waals surface area contributed by atoms with Crippen LogP contribution in [0.3, 0.4) is 0 Å². The first-order valence-corrected chi connectivity index (χ1v) is 9.96. The Morgan fingerprint density at radius 3 is 2.48 bits per heavy atom. The molecule has 4 N–H and O–H groups in total. The van der Waals surface area contributed by atoms with Gasteiger partial charge < -0.3 is 25.2 Å². The number of benzene rings is 2. The van der Waals surface area contributed by atoms with Crippen LogP contribution in [0, 0.1) is 5.82 Å². The van der Waals surface area contributed by atoms with E-state index in [1.54, 1.807) is 30.5 Å². The fourth-order valence-corrected chi connectivity index (χ4v) is 3.96. The van der Waals surface area contributed by atoms with E-state index in [4.69, 9.17) is 16.3 Å². The number of hydrogen-bond donors (Lipinski definition) is 4. The molecule has 0 spiro atoms. The smallest absolute Gasteiger partial charge is 0.165 e. The number of rotatable bonds is 4. The van der Waals surface area contributed by atoms with Crippen LogP contribution in [-0.2, 0) is 11.2 Å². The molecule has 2 aromatic carbocycles. The van der Waals surface area contributed by atoms with Crippen molar-refractivity contribution in [2.24, 2.45) is 0 Å². The van der Waals surface area contributed by atoms with E-state index in [0.717, 1.165) is 0 Å². The van der Waals surface area contributed by atoms with Crippen LogP contribution in [0.5, 0.6) is 5.75 Å². The Balaban J connectivity index is 1.89. The Morgan fingerprint density at radius 1 is 1.07 bits per heavy atom. The Morgan fingerprint density at radius 2 is 1.81 bits per heavy atom. The topological polar surface area (TPSA) is 90.2 Å². The molecule has 0 aliphatic carbocycles. The number of halogens is 2. The lowest BCUT2D eigenvalue weighted by Crippen LogP contribution is -2.52. The second-order valence-corrected chi connectivity index (χ2v) is 7.79. The minimum Gasteiger partial charge on any atom is -0.505 e. The Labute approximate surface area is 165 Å². The molecule has 1 fully saturated rings. The standard InChI is InChI=1S/C19H20ClFO5S/c1-27-19-17(25)15(23)16(24)18(26-19)10-3-4-12(20)11(8-10)6-9-2-5-14(22)13(21)7-9/h2-5,7-8,15-19,22-25H,6H2,1H3. The molecule has 146 valence electrons. The first-order valence-electron chi connectivity index (χ1n) is 8.30. The number of aliphatic hydroxyl groups excluding tert-OH is 3. The van der Waals surface area contributed by atoms with Gasteiger partial charge >= 0.3 is 0 Å². The quantitative estimate of drug-likeness (QED) is 0.615. The van der Waals surface area contributed by atoms with E-state index in [-0.39, 0.29) is 0 Å². The van der Waals surface area contributed by atoms with Gasteiger partial charge in [-0.05, 0) is 47.6 Å². The first-order chi connectivity index (χ1) is 12.8. The van der Waals surface area contributed by atoms with Crippen molar-refractivity contribution in [1.82, 2.24) is 0 Å². The highest BCUT2D eigenvalue weighted by molar-refractivity contribution is 7.99. The minimum atomic E-state index is -1.34. The average molecular weight is 415 g/mol. The molecule has 5 atom stereocenters. The van der Waals surface area contributed by atoms with Crippen LogP contribution >= 0.6 is 23.4 Å². The molecule has 1 saturated heterocycles. The zero-order valence-corrected chi connectivity index (χ0v) is 16.0. The predicted octanol–water partition coefficient (Wildman–Crippen LogP) is 2.62. The molecule has 0 radical (unpaired) electrons. The molecule has 0 bridgehead atoms. The highest BCUT2D eigenvalue weighted by Crippen LogP contribution is 2.37. The molecule has 2 aromatic rings. The van der Waals surface area contributed by atoms with E-state index >= 15 is 0 Å². The molecule has 1 aliphatic rings. The average Bonchev–Trinajstić information content (AvgIpc) is 2.65. The second kappa shape index (κ2) is 8.34. The van der Waals surface area contributed by atoms with Crippen molar-refractivity contribution >= 4 is 23.4 Å². The molecule has 1 heterocycles. The summed E-state index contributed by atoms with van der Waals surface area (Å²) in [5, 5.41) is 40.2. The third kappa shape index (κ3) is 4.23. The second-order valence-electron chi connectivity index (χ2n) is 6.45. The van der Waals surface area contributed by atoms with Crippen molar-refractivity contribution in [1.29, 1.82) is 0 Å². The Hall–Kier alpha value is -1.35. The molecule has 0 amide bonds. The van der Waals surface area contributed by atoms with Gasteiger partial charge in [-0.25, -0.2) is 4.39 Å². The summed E-state index contributed by atoms with van der Waals surface area (Å²) in [4.78, 5) is 0. The lowest BCUT2D eigenvalue weighted by atomic mass is 9.92. The third-order valence-electron chi connectivity index (χ3n) is 4.61. The zero-order valence-electron chi connectivity index (χ0n) is 14.4. The van der Waals surface area contributed by atoms with Crippen LogP contribution in [0.25, 0.3) is 0 Å². The van der Waals surface area contributed by atoms with Gasteiger partial charge in [-0.2, -0.15) is 0 Å². The molecule has 27 heavy (non-hydrogen) atoms. The summed E-state index contributed by atoms with van der Waals surface area (Å²) < 4.78 is 19.3. The van der Waals surface area contributed by atoms with Gasteiger partial charge in [-0.15, -0.1) is 11.8 Å². The number of aromatic hydroxyl groups is 1. The van der Waals surface area contributed by atoms with Crippen molar-refractivity contribution in [2.75, 3.05) is 6.26 Å². The number of phenols is 1. The van der Waals surface area contributed by atoms with Crippen LogP contribution < -0.4 is 0 Å². The van der Waals surface area contributed by atoms with Crippen LogP contribution in [0.1, 0.15) is 22.8 Å². The van der Waals surface area contributed by atoms with Crippen molar-refractivity contribution < 1.29 is 29.6 Å². The molecule has 1 aliphatic heterocycles. The largest absolute Gasteiger partial charge is 0.505 e. The highest BCUT2D eigenvalue weighted by Gasteiger charge is 2.44. The van der Waals surface area contributed by atoms with Crippen LogP contribution in [0.2, 0.25) is 5.02 Å². The highest BCUT2D eigenvalue weighted by atomic mass is 35.5. The van der Waals surface area contributed by atoms with Crippen molar-refractivity contribution in [3.05, 3.63) is 63.9 Å². The number of thioether (sulfide) groups is 1. The van der Waals surface area contributed by atoms with Crippen molar-refractivity contribution in [3.63, 3.8) is 0 Å². The molecule has 0 aromatic heterocycles. The van der Waals surface area contributed by atoms with Gasteiger partial charge in [0, 0.05) is 5.02 Å². The maximum absolute atomic E-state index is 13.6. The number of ether oxygens (including phenoxy) is 1. The summed E-state index contributed by atoms with van der Waals surface area (Å²) in [6.07, 6.45) is -2.63. The minimum absolute atomic E-state index is 0.309. The summed E-state index contributed by atoms with van der Waals surface area (Å²) in [5.41, 5.74) is 1.20. The van der Waals surface area contributed by atoms with Crippen molar-refractivity contribution in [3.8, 4) is 5.75 Å². The molecule has 5 unspecified atom stereocenters. The van der Waals surface area contributed by atoms with Gasteiger partial charge in [-0.3, -0.25) is 0 Å². The van der Waals surface area contributed by atoms with Gasteiger partial charge in [0.25, 0.3) is 0 Å². The summed E-state index contributed by atoms with van der Waals surface area (Å²) in [6.45, 7) is 0. The lowest BCUT2D eigenvalue weighted by molar-refractivity contribution is -0.200.